The number of hydrogen-bond acceptors (Lipinski definition) is 6. The molecule has 8 nitrogen and oxygen atoms in total. The van der Waals surface area contributed by atoms with Crippen LogP contribution in [0.25, 0.3) is 0 Å². The van der Waals surface area contributed by atoms with Crippen molar-refractivity contribution in [3.8, 4) is 0 Å². The number of alkyl halides is 3. The lowest BCUT2D eigenvalue weighted by Crippen LogP contribution is -2.57. The van der Waals surface area contributed by atoms with Crippen LogP contribution in [-0.2, 0) is 31.9 Å². The van der Waals surface area contributed by atoms with Crippen molar-refractivity contribution in [3.05, 3.63) is 23.4 Å². The Hall–Kier alpha value is -2.40. The lowest BCUT2D eigenvalue weighted by atomic mass is 9.78. The molecule has 34 heavy (non-hydrogen) atoms. The van der Waals surface area contributed by atoms with Gasteiger partial charge in [0.05, 0.1) is 0 Å². The molecule has 190 valence electrons. The smallest absolute Gasteiger partial charge is 0.403 e. The Kier molecular flexibility index (Phi) is 9.12. The number of carboxylic acid groups (broad SMARTS) is 1. The van der Waals surface area contributed by atoms with Crippen molar-refractivity contribution in [2.45, 2.75) is 63.6 Å². The molecule has 3 N–H and O–H groups in total. The largest absolute Gasteiger partial charge is 0.480 e. The number of rotatable bonds is 11. The summed E-state index contributed by atoms with van der Waals surface area (Å²) in [7, 11) is 0. The summed E-state index contributed by atoms with van der Waals surface area (Å²) in [6, 6.07) is 2.67. The van der Waals surface area contributed by atoms with E-state index >= 15 is 0 Å². The zero-order chi connectivity index (χ0) is 24.6. The molecule has 0 aliphatic carbocycles. The summed E-state index contributed by atoms with van der Waals surface area (Å²) >= 11 is 0. The molecule has 11 heteroatoms. The van der Waals surface area contributed by atoms with Gasteiger partial charge >= 0.3 is 12.1 Å². The molecular formula is C23H32F3N3O5. The molecule has 1 atom stereocenters. The number of pyridine rings is 1. The number of unbranched alkanes of at least 4 members (excludes halogenated alkanes) is 1. The molecule has 1 saturated heterocycles. The predicted octanol–water partition coefficient (Wildman–Crippen LogP) is 3.10. The fourth-order valence-electron chi connectivity index (χ4n) is 4.23. The van der Waals surface area contributed by atoms with Crippen LogP contribution in [0.4, 0.5) is 19.0 Å². The number of hydrogen-bond donors (Lipinski definition) is 3. The van der Waals surface area contributed by atoms with Gasteiger partial charge in [0.25, 0.3) is 0 Å². The number of carboxylic acids is 1. The molecule has 2 aliphatic rings. The average Bonchev–Trinajstić information content (AvgIpc) is 2.82. The highest BCUT2D eigenvalue weighted by Crippen LogP contribution is 2.46. The molecule has 0 saturated carbocycles. The lowest BCUT2D eigenvalue weighted by molar-refractivity contribution is -0.240. The van der Waals surface area contributed by atoms with Gasteiger partial charge in [-0.3, -0.25) is 4.79 Å². The van der Waals surface area contributed by atoms with Gasteiger partial charge in [-0.1, -0.05) is 6.07 Å². The summed E-state index contributed by atoms with van der Waals surface area (Å²) in [5.74, 6) is -1.76. The topological polar surface area (TPSA) is 110 Å². The van der Waals surface area contributed by atoms with Gasteiger partial charge in [-0.05, 0) is 56.6 Å². The average molecular weight is 488 g/mol. The van der Waals surface area contributed by atoms with E-state index in [0.29, 0.717) is 6.61 Å². The number of amides is 1. The van der Waals surface area contributed by atoms with Gasteiger partial charge in [-0.15, -0.1) is 0 Å². The van der Waals surface area contributed by atoms with Crippen LogP contribution in [0.3, 0.4) is 0 Å². The number of nitrogens with one attached hydrogen (secondary N) is 2. The molecule has 0 unspecified atom stereocenters. The van der Waals surface area contributed by atoms with Crippen LogP contribution in [0.15, 0.2) is 12.1 Å². The van der Waals surface area contributed by atoms with E-state index in [4.69, 9.17) is 9.47 Å². The van der Waals surface area contributed by atoms with Gasteiger partial charge in [-0.2, -0.15) is 13.2 Å². The van der Waals surface area contributed by atoms with Crippen LogP contribution >= 0.6 is 0 Å². The third-order valence-corrected chi connectivity index (χ3v) is 6.40. The number of fused-ring (bicyclic) bond motifs is 1. The van der Waals surface area contributed by atoms with Crippen LogP contribution in [0.5, 0.6) is 0 Å². The Morgan fingerprint density at radius 3 is 2.71 bits per heavy atom. The van der Waals surface area contributed by atoms with Crippen LogP contribution in [0.1, 0.15) is 49.8 Å². The van der Waals surface area contributed by atoms with E-state index in [9.17, 15) is 27.9 Å². The maximum Gasteiger partial charge on any atom is 0.403 e. The predicted molar refractivity (Wildman–Crippen MR) is 118 cm³/mol. The number of carbonyl (C=O) groups is 2. The van der Waals surface area contributed by atoms with Gasteiger partial charge in [-0.25, -0.2) is 9.78 Å². The first-order chi connectivity index (χ1) is 16.2. The van der Waals surface area contributed by atoms with E-state index in [0.717, 1.165) is 50.2 Å². The molecule has 1 fully saturated rings. The van der Waals surface area contributed by atoms with Crippen molar-refractivity contribution in [1.82, 2.24) is 10.3 Å². The van der Waals surface area contributed by atoms with E-state index < -0.39 is 42.4 Å². The molecule has 0 radical (unpaired) electrons. The van der Waals surface area contributed by atoms with Crippen molar-refractivity contribution in [2.24, 2.45) is 5.41 Å². The molecular weight excluding hydrogens is 455 g/mol. The summed E-state index contributed by atoms with van der Waals surface area (Å²) in [5, 5.41) is 14.7. The van der Waals surface area contributed by atoms with Crippen LogP contribution in [-0.4, -0.2) is 67.2 Å². The number of aliphatic carboxylic acids is 1. The normalized spacial score (nSPS) is 18.4. The highest BCUT2D eigenvalue weighted by molar-refractivity contribution is 5.88. The third-order valence-electron chi connectivity index (χ3n) is 6.40. The maximum atomic E-state index is 13.6. The van der Waals surface area contributed by atoms with Crippen molar-refractivity contribution >= 4 is 17.7 Å². The monoisotopic (exact) mass is 487 g/mol. The number of halogens is 3. The first-order valence-corrected chi connectivity index (χ1v) is 11.7. The van der Waals surface area contributed by atoms with Crippen LogP contribution < -0.4 is 10.6 Å². The van der Waals surface area contributed by atoms with Gasteiger partial charge in [0.1, 0.15) is 17.3 Å². The van der Waals surface area contributed by atoms with Gasteiger partial charge in [0.15, 0.2) is 0 Å². The summed E-state index contributed by atoms with van der Waals surface area (Å²) < 4.78 is 51.3. The molecule has 0 bridgehead atoms. The number of aryl methyl sites for hydroxylation is 2. The Morgan fingerprint density at radius 1 is 1.24 bits per heavy atom. The standard InChI is InChI=1S/C23H32F3N3O5/c24-23(25,26)22(9-14-34-15-10-22)21(32)29-18(20(30)31)8-13-33-12-2-1-5-17-7-6-16-4-3-11-27-19(16)28-17/h6-7,18H,1-5,8-15H2,(H,27,28)(H,29,32)(H,30,31)/t18-/m0/s1. The Balaban J connectivity index is 1.38. The van der Waals surface area contributed by atoms with Crippen molar-refractivity contribution in [1.29, 1.82) is 0 Å². The first kappa shape index (κ1) is 26.2. The number of anilines is 1. The van der Waals surface area contributed by atoms with Gasteiger partial charge in [0, 0.05) is 45.1 Å². The SMILES string of the molecule is O=C(O)[C@H](CCOCCCCc1ccc2c(n1)NCCC2)NC(=O)C1(C(F)(F)F)CCOCC1. The van der Waals surface area contributed by atoms with E-state index in [2.05, 4.69) is 21.7 Å². The van der Waals surface area contributed by atoms with Crippen molar-refractivity contribution < 1.29 is 37.3 Å². The molecule has 0 spiro atoms. The molecule has 3 heterocycles. The summed E-state index contributed by atoms with van der Waals surface area (Å²) in [6.07, 6.45) is -1.47. The zero-order valence-corrected chi connectivity index (χ0v) is 19.1. The van der Waals surface area contributed by atoms with Crippen LogP contribution in [0, 0.1) is 5.41 Å². The second-order valence-corrected chi connectivity index (χ2v) is 8.76. The number of carbonyl (C=O) groups excluding carboxylic acids is 1. The minimum atomic E-state index is -4.79. The van der Waals surface area contributed by atoms with E-state index in [1.807, 2.05) is 6.07 Å². The maximum absolute atomic E-state index is 13.6. The number of nitrogens with zero attached hydrogens (tertiary/aromatic N) is 1. The van der Waals surface area contributed by atoms with Crippen molar-refractivity contribution in [2.75, 3.05) is 38.3 Å². The van der Waals surface area contributed by atoms with Gasteiger partial charge in [0.2, 0.25) is 5.91 Å². The summed E-state index contributed by atoms with van der Waals surface area (Å²) in [6.45, 7) is 0.922. The highest BCUT2D eigenvalue weighted by Gasteiger charge is 2.60. The lowest BCUT2D eigenvalue weighted by Gasteiger charge is -2.37. The minimum absolute atomic E-state index is 0.0143. The second-order valence-electron chi connectivity index (χ2n) is 8.76. The Labute approximate surface area is 196 Å². The molecule has 1 amide bonds. The molecule has 3 rings (SSSR count). The Morgan fingerprint density at radius 2 is 2.00 bits per heavy atom. The molecule has 0 aromatic carbocycles. The fourth-order valence-corrected chi connectivity index (χ4v) is 4.23. The van der Waals surface area contributed by atoms with Crippen molar-refractivity contribution in [3.63, 3.8) is 0 Å². The second kappa shape index (κ2) is 11.8. The summed E-state index contributed by atoms with van der Waals surface area (Å²) in [5.41, 5.74) is -0.398. The molecule has 2 aliphatic heterocycles. The van der Waals surface area contributed by atoms with E-state index in [1.165, 1.54) is 5.56 Å². The Bertz CT molecular complexity index is 844. The van der Waals surface area contributed by atoms with E-state index in [1.54, 1.807) is 0 Å². The van der Waals surface area contributed by atoms with Gasteiger partial charge < -0.3 is 25.2 Å². The quantitative estimate of drug-likeness (QED) is 0.412. The zero-order valence-electron chi connectivity index (χ0n) is 19.1. The minimum Gasteiger partial charge on any atom is -0.480 e. The first-order valence-electron chi connectivity index (χ1n) is 11.7. The molecule has 1 aromatic heterocycles. The van der Waals surface area contributed by atoms with Crippen LogP contribution in [0.2, 0.25) is 0 Å². The number of aromatic nitrogens is 1. The summed E-state index contributed by atoms with van der Waals surface area (Å²) in [4.78, 5) is 28.6. The third kappa shape index (κ3) is 6.59. The van der Waals surface area contributed by atoms with E-state index in [-0.39, 0.29) is 26.2 Å². The fraction of sp³-hybridized carbons (Fsp3) is 0.696. The molecule has 1 aromatic rings. The highest BCUT2D eigenvalue weighted by atomic mass is 19.4. The number of ether oxygens (including phenoxy) is 2.